The Hall–Kier alpha value is -4.21. The fourth-order valence-electron chi connectivity index (χ4n) is 4.03. The van der Waals surface area contributed by atoms with E-state index in [0.717, 1.165) is 28.2 Å². The maximum Gasteiger partial charge on any atom is 0.573 e. The highest BCUT2D eigenvalue weighted by Crippen LogP contribution is 2.35. The summed E-state index contributed by atoms with van der Waals surface area (Å²) in [7, 11) is 0. The van der Waals surface area contributed by atoms with Crippen molar-refractivity contribution in [1.29, 1.82) is 0 Å². The number of alkyl halides is 3. The Bertz CT molecular complexity index is 1490. The number of imide groups is 1. The summed E-state index contributed by atoms with van der Waals surface area (Å²) >= 11 is 0. The standard InChI is InChI=1S/C24H17F3N4O3/c1-12-4-5-16(10-13(12)2)30-22(32)18-11-28-21-19(20(18)23(30)33)14(3)29-31(21)15-6-8-17(9-7-15)34-24(25,26)27/h4-11H,1-3H3. The number of benzene rings is 2. The lowest BCUT2D eigenvalue weighted by molar-refractivity contribution is -0.274. The third-order valence-electron chi connectivity index (χ3n) is 5.79. The van der Waals surface area contributed by atoms with E-state index in [1.165, 1.54) is 23.0 Å². The average Bonchev–Trinajstić information content (AvgIpc) is 3.23. The van der Waals surface area contributed by atoms with Gasteiger partial charge in [0, 0.05) is 6.20 Å². The van der Waals surface area contributed by atoms with Gasteiger partial charge in [0.15, 0.2) is 5.65 Å². The molecule has 0 atom stereocenters. The van der Waals surface area contributed by atoms with Crippen molar-refractivity contribution in [3.8, 4) is 11.4 Å². The number of halogens is 3. The van der Waals surface area contributed by atoms with Crippen LogP contribution in [0, 0.1) is 20.8 Å². The molecule has 3 heterocycles. The minimum Gasteiger partial charge on any atom is -0.406 e. The van der Waals surface area contributed by atoms with Crippen molar-refractivity contribution < 1.29 is 27.5 Å². The molecule has 2 amide bonds. The zero-order chi connectivity index (χ0) is 24.4. The van der Waals surface area contributed by atoms with Gasteiger partial charge in [-0.05, 0) is 68.3 Å². The maximum atomic E-state index is 13.4. The molecule has 2 aromatic carbocycles. The topological polar surface area (TPSA) is 77.3 Å². The van der Waals surface area contributed by atoms with E-state index in [0.29, 0.717) is 28.1 Å². The third kappa shape index (κ3) is 3.38. The van der Waals surface area contributed by atoms with Crippen LogP contribution in [0.5, 0.6) is 5.75 Å². The number of fused-ring (bicyclic) bond motifs is 3. The molecule has 0 radical (unpaired) electrons. The number of amides is 2. The van der Waals surface area contributed by atoms with E-state index in [-0.39, 0.29) is 16.9 Å². The van der Waals surface area contributed by atoms with Crippen molar-refractivity contribution in [2.45, 2.75) is 27.1 Å². The molecule has 0 bridgehead atoms. The highest BCUT2D eigenvalue weighted by Gasteiger charge is 2.40. The number of rotatable bonds is 3. The highest BCUT2D eigenvalue weighted by molar-refractivity contribution is 6.37. The number of hydrogen-bond acceptors (Lipinski definition) is 5. The largest absolute Gasteiger partial charge is 0.573 e. The van der Waals surface area contributed by atoms with Gasteiger partial charge in [-0.25, -0.2) is 14.6 Å². The Labute approximate surface area is 191 Å². The quantitative estimate of drug-likeness (QED) is 0.395. The van der Waals surface area contributed by atoms with Crippen LogP contribution >= 0.6 is 0 Å². The Balaban J connectivity index is 1.59. The van der Waals surface area contributed by atoms with Gasteiger partial charge < -0.3 is 4.74 Å². The number of pyridine rings is 1. The van der Waals surface area contributed by atoms with Gasteiger partial charge in [-0.3, -0.25) is 9.59 Å². The average molecular weight is 466 g/mol. The molecule has 172 valence electrons. The monoisotopic (exact) mass is 466 g/mol. The lowest BCUT2D eigenvalue weighted by Crippen LogP contribution is -2.29. The zero-order valence-electron chi connectivity index (χ0n) is 18.3. The first-order chi connectivity index (χ1) is 16.0. The number of aryl methyl sites for hydroxylation is 3. The molecule has 1 aliphatic rings. The van der Waals surface area contributed by atoms with Crippen LogP contribution in [0.4, 0.5) is 18.9 Å². The Kier molecular flexibility index (Phi) is 4.71. The second-order valence-electron chi connectivity index (χ2n) is 8.00. The molecule has 0 saturated heterocycles. The third-order valence-corrected chi connectivity index (χ3v) is 5.79. The second-order valence-corrected chi connectivity index (χ2v) is 8.00. The van der Waals surface area contributed by atoms with E-state index in [4.69, 9.17) is 0 Å². The zero-order valence-corrected chi connectivity index (χ0v) is 18.3. The Morgan fingerprint density at radius 1 is 0.882 bits per heavy atom. The van der Waals surface area contributed by atoms with Gasteiger partial charge in [-0.15, -0.1) is 13.2 Å². The molecule has 5 rings (SSSR count). The normalized spacial score (nSPS) is 13.6. The van der Waals surface area contributed by atoms with Crippen LogP contribution in [0.3, 0.4) is 0 Å². The van der Waals surface area contributed by atoms with E-state index < -0.39 is 18.2 Å². The van der Waals surface area contributed by atoms with Crippen LogP contribution in [-0.2, 0) is 0 Å². The summed E-state index contributed by atoms with van der Waals surface area (Å²) in [6.07, 6.45) is -3.47. The molecule has 34 heavy (non-hydrogen) atoms. The SMILES string of the molecule is Cc1ccc(N2C(=O)c3cnc4c(c(C)nn4-c4ccc(OC(F)(F)F)cc4)c3C2=O)cc1C. The minimum atomic E-state index is -4.80. The van der Waals surface area contributed by atoms with Crippen LogP contribution in [0.2, 0.25) is 0 Å². The molecule has 0 saturated carbocycles. The summed E-state index contributed by atoms with van der Waals surface area (Å²) in [5.74, 6) is -1.33. The van der Waals surface area contributed by atoms with Crippen LogP contribution in [-0.4, -0.2) is 32.9 Å². The summed E-state index contributed by atoms with van der Waals surface area (Å²) in [5, 5.41) is 4.85. The molecule has 1 aliphatic heterocycles. The van der Waals surface area contributed by atoms with Crippen molar-refractivity contribution >= 4 is 28.5 Å². The molecule has 0 unspecified atom stereocenters. The van der Waals surface area contributed by atoms with Crippen molar-refractivity contribution in [3.63, 3.8) is 0 Å². The predicted octanol–water partition coefficient (Wildman–Crippen LogP) is 5.04. The number of aromatic nitrogens is 3. The smallest absolute Gasteiger partial charge is 0.406 e. The van der Waals surface area contributed by atoms with Gasteiger partial charge in [-0.2, -0.15) is 5.10 Å². The lowest BCUT2D eigenvalue weighted by Gasteiger charge is -2.15. The van der Waals surface area contributed by atoms with Gasteiger partial charge in [0.25, 0.3) is 11.8 Å². The van der Waals surface area contributed by atoms with Gasteiger partial charge in [-0.1, -0.05) is 6.07 Å². The number of hydrogen-bond donors (Lipinski definition) is 0. The van der Waals surface area contributed by atoms with Crippen LogP contribution < -0.4 is 9.64 Å². The van der Waals surface area contributed by atoms with Crippen molar-refractivity contribution in [2.24, 2.45) is 0 Å². The highest BCUT2D eigenvalue weighted by atomic mass is 19.4. The Morgan fingerprint density at radius 2 is 1.56 bits per heavy atom. The Morgan fingerprint density at radius 3 is 2.21 bits per heavy atom. The summed E-state index contributed by atoms with van der Waals surface area (Å²) in [6, 6.07) is 10.5. The molecule has 4 aromatic rings. The van der Waals surface area contributed by atoms with Crippen LogP contribution in [0.1, 0.15) is 37.5 Å². The van der Waals surface area contributed by atoms with Gasteiger partial charge in [0.2, 0.25) is 0 Å². The predicted molar refractivity (Wildman–Crippen MR) is 117 cm³/mol. The first-order valence-electron chi connectivity index (χ1n) is 10.3. The van der Waals surface area contributed by atoms with E-state index in [1.54, 1.807) is 19.1 Å². The fraction of sp³-hybridized carbons (Fsp3) is 0.167. The number of ether oxygens (including phenoxy) is 1. The summed E-state index contributed by atoms with van der Waals surface area (Å²) in [4.78, 5) is 32.0. The molecule has 10 heteroatoms. The number of anilines is 1. The maximum absolute atomic E-state index is 13.4. The van der Waals surface area contributed by atoms with Gasteiger partial charge in [0.05, 0.1) is 33.6 Å². The van der Waals surface area contributed by atoms with Crippen LogP contribution in [0.15, 0.2) is 48.7 Å². The van der Waals surface area contributed by atoms with E-state index >= 15 is 0 Å². The molecule has 0 fully saturated rings. The van der Waals surface area contributed by atoms with Gasteiger partial charge >= 0.3 is 6.36 Å². The van der Waals surface area contributed by atoms with Gasteiger partial charge in [0.1, 0.15) is 5.75 Å². The molecular formula is C24H17F3N4O3. The second kappa shape index (κ2) is 7.41. The molecule has 0 aliphatic carbocycles. The van der Waals surface area contributed by atoms with E-state index in [1.807, 2.05) is 19.9 Å². The molecular weight excluding hydrogens is 449 g/mol. The molecule has 0 spiro atoms. The van der Waals surface area contributed by atoms with Crippen molar-refractivity contribution in [3.05, 3.63) is 76.6 Å². The van der Waals surface area contributed by atoms with Crippen molar-refractivity contribution in [1.82, 2.24) is 14.8 Å². The molecule has 7 nitrogen and oxygen atoms in total. The number of carbonyl (C=O) groups is 2. The van der Waals surface area contributed by atoms with Crippen molar-refractivity contribution in [2.75, 3.05) is 4.90 Å². The first-order valence-corrected chi connectivity index (χ1v) is 10.3. The molecule has 2 aromatic heterocycles. The number of nitrogens with zero attached hydrogens (tertiary/aromatic N) is 4. The summed E-state index contributed by atoms with van der Waals surface area (Å²) < 4.78 is 42.7. The minimum absolute atomic E-state index is 0.173. The summed E-state index contributed by atoms with van der Waals surface area (Å²) in [6.45, 7) is 5.52. The molecule has 0 N–H and O–H groups in total. The first kappa shape index (κ1) is 21.6. The fourth-order valence-corrected chi connectivity index (χ4v) is 4.03. The lowest BCUT2D eigenvalue weighted by atomic mass is 10.1. The van der Waals surface area contributed by atoms with E-state index in [9.17, 15) is 22.8 Å². The van der Waals surface area contributed by atoms with Crippen LogP contribution in [0.25, 0.3) is 16.7 Å². The summed E-state index contributed by atoms with van der Waals surface area (Å²) in [5.41, 5.74) is 4.01. The van der Waals surface area contributed by atoms with E-state index in [2.05, 4.69) is 14.8 Å². The number of carbonyl (C=O) groups excluding carboxylic acids is 2.